The van der Waals surface area contributed by atoms with E-state index in [4.69, 9.17) is 14.9 Å². The van der Waals surface area contributed by atoms with Gasteiger partial charge in [-0.15, -0.1) is 0 Å². The Morgan fingerprint density at radius 3 is 2.82 bits per heavy atom. The molecule has 0 radical (unpaired) electrons. The van der Waals surface area contributed by atoms with Crippen LogP contribution in [0.4, 0.5) is 5.69 Å². The van der Waals surface area contributed by atoms with Crippen molar-refractivity contribution in [1.82, 2.24) is 4.98 Å². The van der Waals surface area contributed by atoms with E-state index in [1.807, 2.05) is 31.2 Å². The molecule has 0 bridgehead atoms. The van der Waals surface area contributed by atoms with E-state index in [-0.39, 0.29) is 13.0 Å². The third kappa shape index (κ3) is 3.93. The van der Waals surface area contributed by atoms with Crippen LogP contribution in [-0.4, -0.2) is 47.5 Å². The van der Waals surface area contributed by atoms with Gasteiger partial charge in [0.15, 0.2) is 0 Å². The number of nitrogens with one attached hydrogen (secondary N) is 1. The number of rotatable bonds is 8. The maximum Gasteiger partial charge on any atom is 0.307 e. The van der Waals surface area contributed by atoms with E-state index in [2.05, 4.69) is 10.3 Å². The summed E-state index contributed by atoms with van der Waals surface area (Å²) in [6.07, 6.45) is -0.0799. The van der Waals surface area contributed by atoms with Crippen molar-refractivity contribution in [1.29, 1.82) is 0 Å². The predicted molar refractivity (Wildman–Crippen MR) is 84.2 cm³/mol. The van der Waals surface area contributed by atoms with Gasteiger partial charge in [-0.3, -0.25) is 9.78 Å². The van der Waals surface area contributed by atoms with Gasteiger partial charge in [0.25, 0.3) is 0 Å². The number of fused-ring (bicyclic) bond motifs is 1. The van der Waals surface area contributed by atoms with Gasteiger partial charge in [0.1, 0.15) is 0 Å². The molecule has 0 saturated heterocycles. The maximum atomic E-state index is 11.1. The summed E-state index contributed by atoms with van der Waals surface area (Å²) < 4.78 is 5.22. The molecule has 0 fully saturated rings. The average molecular weight is 304 g/mol. The molecule has 0 amide bonds. The minimum atomic E-state index is -0.889. The van der Waals surface area contributed by atoms with Gasteiger partial charge in [-0.2, -0.15) is 0 Å². The molecule has 6 heteroatoms. The van der Waals surface area contributed by atoms with Gasteiger partial charge in [0.05, 0.1) is 31.8 Å². The van der Waals surface area contributed by atoms with Crippen LogP contribution in [-0.2, 0) is 16.0 Å². The van der Waals surface area contributed by atoms with Gasteiger partial charge >= 0.3 is 5.97 Å². The molecule has 0 atom stereocenters. The van der Waals surface area contributed by atoms with E-state index in [1.54, 1.807) is 0 Å². The molecule has 6 nitrogen and oxygen atoms in total. The fraction of sp³-hybridized carbons (Fsp3) is 0.375. The number of benzene rings is 1. The average Bonchev–Trinajstić information content (AvgIpc) is 2.49. The Balaban J connectivity index is 2.31. The van der Waals surface area contributed by atoms with Crippen molar-refractivity contribution in [2.24, 2.45) is 0 Å². The lowest BCUT2D eigenvalue weighted by Crippen LogP contribution is -2.15. The summed E-state index contributed by atoms with van der Waals surface area (Å²) in [5.41, 5.74) is 3.01. The molecule has 0 aliphatic heterocycles. The summed E-state index contributed by atoms with van der Waals surface area (Å²) in [4.78, 5) is 15.6. The number of aliphatic hydroxyl groups excluding tert-OH is 1. The van der Waals surface area contributed by atoms with Crippen LogP contribution < -0.4 is 5.32 Å². The van der Waals surface area contributed by atoms with Crippen LogP contribution in [0.15, 0.2) is 24.3 Å². The third-order valence-electron chi connectivity index (χ3n) is 3.31. The molecule has 1 heterocycles. The number of aliphatic carboxylic acids is 1. The summed E-state index contributed by atoms with van der Waals surface area (Å²) in [7, 11) is 0. The highest BCUT2D eigenvalue weighted by molar-refractivity contribution is 5.94. The third-order valence-corrected chi connectivity index (χ3v) is 3.31. The summed E-state index contributed by atoms with van der Waals surface area (Å²) in [6, 6.07) is 7.63. The standard InChI is InChI=1S/C16H20N2O4/c1-11-13(10-15(20)21)16(17-6-8-22-9-7-19)12-4-2-3-5-14(12)18-11/h2-5,19H,6-10H2,1H3,(H,17,18)(H,20,21). The van der Waals surface area contributed by atoms with Crippen molar-refractivity contribution in [2.75, 3.05) is 31.7 Å². The molecule has 118 valence electrons. The number of carboxylic acid groups (broad SMARTS) is 1. The van der Waals surface area contributed by atoms with Crippen LogP contribution in [0.1, 0.15) is 11.3 Å². The van der Waals surface area contributed by atoms with Crippen LogP contribution in [0, 0.1) is 6.92 Å². The number of hydrogen-bond acceptors (Lipinski definition) is 5. The number of carboxylic acids is 1. The van der Waals surface area contributed by atoms with Crippen LogP contribution in [0.2, 0.25) is 0 Å². The number of ether oxygens (including phenoxy) is 1. The van der Waals surface area contributed by atoms with E-state index in [1.165, 1.54) is 0 Å². The Labute approximate surface area is 128 Å². The Bertz CT molecular complexity index is 658. The molecular formula is C16H20N2O4. The van der Waals surface area contributed by atoms with Crippen LogP contribution in [0.3, 0.4) is 0 Å². The number of nitrogens with zero attached hydrogens (tertiary/aromatic N) is 1. The number of hydrogen-bond donors (Lipinski definition) is 3. The molecule has 2 rings (SSSR count). The zero-order chi connectivity index (χ0) is 15.9. The van der Waals surface area contributed by atoms with Crippen molar-refractivity contribution in [2.45, 2.75) is 13.3 Å². The van der Waals surface area contributed by atoms with Gasteiger partial charge < -0.3 is 20.3 Å². The molecule has 0 saturated carbocycles. The second-order valence-electron chi connectivity index (χ2n) is 4.90. The predicted octanol–water partition coefficient (Wildman–Crippen LogP) is 1.59. The normalized spacial score (nSPS) is 10.8. The van der Waals surface area contributed by atoms with Crippen LogP contribution in [0.5, 0.6) is 0 Å². The smallest absolute Gasteiger partial charge is 0.307 e. The molecule has 0 unspecified atom stereocenters. The molecule has 2 aromatic rings. The highest BCUT2D eigenvalue weighted by atomic mass is 16.5. The Kier molecular flexibility index (Phi) is 5.68. The summed E-state index contributed by atoms with van der Waals surface area (Å²) in [5.74, 6) is -0.889. The van der Waals surface area contributed by atoms with E-state index in [9.17, 15) is 4.79 Å². The second-order valence-corrected chi connectivity index (χ2v) is 4.90. The summed E-state index contributed by atoms with van der Waals surface area (Å²) in [5, 5.41) is 22.0. The molecule has 0 spiro atoms. The fourth-order valence-electron chi connectivity index (χ4n) is 2.36. The van der Waals surface area contributed by atoms with Gasteiger partial charge in [-0.25, -0.2) is 0 Å². The van der Waals surface area contributed by atoms with Crippen molar-refractivity contribution in [3.8, 4) is 0 Å². The molecule has 1 aromatic heterocycles. The highest BCUT2D eigenvalue weighted by Gasteiger charge is 2.14. The molecule has 0 aliphatic carbocycles. The fourth-order valence-corrected chi connectivity index (χ4v) is 2.36. The number of para-hydroxylation sites is 1. The number of aromatic nitrogens is 1. The number of aryl methyl sites for hydroxylation is 1. The molecule has 3 N–H and O–H groups in total. The first-order chi connectivity index (χ1) is 10.6. The van der Waals surface area contributed by atoms with Gasteiger partial charge in [-0.1, -0.05) is 18.2 Å². The van der Waals surface area contributed by atoms with E-state index < -0.39 is 5.97 Å². The SMILES string of the molecule is Cc1nc2ccccc2c(NCCOCCO)c1CC(=O)O. The quantitative estimate of drug-likeness (QED) is 0.642. The van der Waals surface area contributed by atoms with Crippen LogP contribution in [0.25, 0.3) is 10.9 Å². The highest BCUT2D eigenvalue weighted by Crippen LogP contribution is 2.28. The van der Waals surface area contributed by atoms with Crippen molar-refractivity contribution >= 4 is 22.6 Å². The maximum absolute atomic E-state index is 11.1. The Hall–Kier alpha value is -2.18. The number of anilines is 1. The number of pyridine rings is 1. The lowest BCUT2D eigenvalue weighted by atomic mass is 10.0. The lowest BCUT2D eigenvalue weighted by Gasteiger charge is -2.16. The van der Waals surface area contributed by atoms with Gasteiger partial charge in [0, 0.05) is 28.9 Å². The first-order valence-electron chi connectivity index (χ1n) is 7.16. The molecule has 22 heavy (non-hydrogen) atoms. The van der Waals surface area contributed by atoms with Gasteiger partial charge in [-0.05, 0) is 13.0 Å². The molecular weight excluding hydrogens is 284 g/mol. The second kappa shape index (κ2) is 7.72. The zero-order valence-corrected chi connectivity index (χ0v) is 12.5. The van der Waals surface area contributed by atoms with Crippen molar-refractivity contribution in [3.63, 3.8) is 0 Å². The molecule has 0 aliphatic rings. The zero-order valence-electron chi connectivity index (χ0n) is 12.5. The van der Waals surface area contributed by atoms with Crippen molar-refractivity contribution < 1.29 is 19.7 Å². The minimum Gasteiger partial charge on any atom is -0.481 e. The number of carbonyl (C=O) groups is 1. The Morgan fingerprint density at radius 2 is 2.09 bits per heavy atom. The van der Waals surface area contributed by atoms with E-state index in [0.29, 0.717) is 31.0 Å². The summed E-state index contributed by atoms with van der Waals surface area (Å²) >= 11 is 0. The van der Waals surface area contributed by atoms with E-state index in [0.717, 1.165) is 16.6 Å². The monoisotopic (exact) mass is 304 g/mol. The van der Waals surface area contributed by atoms with Crippen LogP contribution >= 0.6 is 0 Å². The largest absolute Gasteiger partial charge is 0.481 e. The lowest BCUT2D eigenvalue weighted by molar-refractivity contribution is -0.136. The number of aliphatic hydroxyl groups is 1. The summed E-state index contributed by atoms with van der Waals surface area (Å²) in [6.45, 7) is 3.06. The first-order valence-corrected chi connectivity index (χ1v) is 7.16. The Morgan fingerprint density at radius 1 is 1.32 bits per heavy atom. The van der Waals surface area contributed by atoms with E-state index >= 15 is 0 Å². The molecule has 1 aromatic carbocycles. The topological polar surface area (TPSA) is 91.7 Å². The minimum absolute atomic E-state index is 0.0123. The van der Waals surface area contributed by atoms with Crippen molar-refractivity contribution in [3.05, 3.63) is 35.5 Å². The first kappa shape index (κ1) is 16.2. The van der Waals surface area contributed by atoms with Gasteiger partial charge in [0.2, 0.25) is 0 Å².